The molecule has 0 radical (unpaired) electrons. The molecule has 1 atom stereocenters. The second-order valence-corrected chi connectivity index (χ2v) is 5.10. The van der Waals surface area contributed by atoms with Gasteiger partial charge in [0.2, 0.25) is 0 Å². The van der Waals surface area contributed by atoms with Gasteiger partial charge in [0.1, 0.15) is 17.7 Å². The molecule has 0 saturated carbocycles. The second kappa shape index (κ2) is 4.87. The molecule has 1 aliphatic rings. The minimum atomic E-state index is -1.28. The van der Waals surface area contributed by atoms with Crippen LogP contribution in [0.1, 0.15) is 22.8 Å². The van der Waals surface area contributed by atoms with E-state index in [9.17, 15) is 13.9 Å². The molecule has 20 heavy (non-hydrogen) atoms. The standard InChI is InChI=1S/C16H15F2NO/c1-19-8-7-10-9-11(5-6-14(10)19)16(20)15-12(17)3-2-4-13(15)18/h2-6,9,16,20H,7-8H2,1H3. The number of fused-ring (bicyclic) bond motifs is 1. The number of anilines is 1. The van der Waals surface area contributed by atoms with Crippen LogP contribution in [0, 0.1) is 11.6 Å². The van der Waals surface area contributed by atoms with E-state index in [1.165, 1.54) is 6.07 Å². The van der Waals surface area contributed by atoms with Crippen molar-refractivity contribution in [1.29, 1.82) is 0 Å². The minimum absolute atomic E-state index is 0.293. The monoisotopic (exact) mass is 275 g/mol. The molecule has 104 valence electrons. The van der Waals surface area contributed by atoms with Crippen molar-refractivity contribution >= 4 is 5.69 Å². The molecule has 0 bridgehead atoms. The van der Waals surface area contributed by atoms with Gasteiger partial charge < -0.3 is 10.0 Å². The first-order chi connectivity index (χ1) is 9.58. The molecule has 0 spiro atoms. The molecular weight excluding hydrogens is 260 g/mol. The largest absolute Gasteiger partial charge is 0.383 e. The Morgan fingerprint density at radius 2 is 1.85 bits per heavy atom. The van der Waals surface area contributed by atoms with Crippen LogP contribution in [0.25, 0.3) is 0 Å². The van der Waals surface area contributed by atoms with Crippen molar-refractivity contribution in [3.05, 3.63) is 64.7 Å². The van der Waals surface area contributed by atoms with E-state index < -0.39 is 17.7 Å². The van der Waals surface area contributed by atoms with Crippen LogP contribution in [0.15, 0.2) is 36.4 Å². The lowest BCUT2D eigenvalue weighted by atomic mass is 9.98. The summed E-state index contributed by atoms with van der Waals surface area (Å²) in [5.41, 5.74) is 2.43. The molecule has 0 aliphatic carbocycles. The van der Waals surface area contributed by atoms with Gasteiger partial charge in [0.25, 0.3) is 0 Å². The van der Waals surface area contributed by atoms with Gasteiger partial charge in [-0.3, -0.25) is 0 Å². The number of likely N-dealkylation sites (N-methyl/N-ethyl adjacent to an activating group) is 1. The zero-order valence-corrected chi connectivity index (χ0v) is 11.1. The summed E-state index contributed by atoms with van der Waals surface area (Å²) in [6.45, 7) is 0.920. The average molecular weight is 275 g/mol. The van der Waals surface area contributed by atoms with Crippen molar-refractivity contribution in [2.24, 2.45) is 0 Å². The van der Waals surface area contributed by atoms with E-state index in [2.05, 4.69) is 4.90 Å². The fourth-order valence-electron chi connectivity index (χ4n) is 2.70. The second-order valence-electron chi connectivity index (χ2n) is 5.10. The number of aliphatic hydroxyl groups excluding tert-OH is 1. The van der Waals surface area contributed by atoms with Crippen molar-refractivity contribution in [3.8, 4) is 0 Å². The molecule has 0 amide bonds. The van der Waals surface area contributed by atoms with Crippen LogP contribution in [0.4, 0.5) is 14.5 Å². The van der Waals surface area contributed by atoms with Gasteiger partial charge in [-0.1, -0.05) is 18.2 Å². The summed E-state index contributed by atoms with van der Waals surface area (Å²) in [7, 11) is 2.00. The van der Waals surface area contributed by atoms with Crippen molar-refractivity contribution in [3.63, 3.8) is 0 Å². The number of hydrogen-bond donors (Lipinski definition) is 1. The average Bonchev–Trinajstić information content (AvgIpc) is 2.79. The number of hydrogen-bond acceptors (Lipinski definition) is 2. The zero-order valence-electron chi connectivity index (χ0n) is 11.1. The Balaban J connectivity index is 2.01. The van der Waals surface area contributed by atoms with E-state index in [0.717, 1.165) is 36.3 Å². The van der Waals surface area contributed by atoms with Crippen molar-refractivity contribution in [1.82, 2.24) is 0 Å². The van der Waals surface area contributed by atoms with E-state index >= 15 is 0 Å². The normalized spacial score (nSPS) is 15.3. The summed E-state index contributed by atoms with van der Waals surface area (Å²) in [6, 6.07) is 9.04. The SMILES string of the molecule is CN1CCc2cc(C(O)c3c(F)cccc3F)ccc21. The van der Waals surface area contributed by atoms with E-state index in [1.54, 1.807) is 6.07 Å². The quantitative estimate of drug-likeness (QED) is 0.910. The molecule has 2 aromatic rings. The van der Waals surface area contributed by atoms with Crippen LogP contribution in [-0.2, 0) is 6.42 Å². The number of nitrogens with zero attached hydrogens (tertiary/aromatic N) is 1. The predicted octanol–water partition coefficient (Wildman–Crippen LogP) is 3.04. The molecular formula is C16H15F2NO. The van der Waals surface area contributed by atoms with E-state index in [1.807, 2.05) is 19.2 Å². The molecule has 0 aromatic heterocycles. The number of rotatable bonds is 2. The topological polar surface area (TPSA) is 23.5 Å². The summed E-state index contributed by atoms with van der Waals surface area (Å²) in [5.74, 6) is -1.45. The first kappa shape index (κ1) is 13.1. The summed E-state index contributed by atoms with van der Waals surface area (Å²) in [6.07, 6.45) is -0.404. The molecule has 2 aromatic carbocycles. The summed E-state index contributed by atoms with van der Waals surface area (Å²) in [4.78, 5) is 2.12. The number of aliphatic hydroxyl groups is 1. The van der Waals surface area contributed by atoms with Crippen LogP contribution in [0.5, 0.6) is 0 Å². The smallest absolute Gasteiger partial charge is 0.132 e. The maximum atomic E-state index is 13.7. The summed E-state index contributed by atoms with van der Waals surface area (Å²) < 4.78 is 27.4. The highest BCUT2D eigenvalue weighted by Crippen LogP contribution is 2.32. The van der Waals surface area contributed by atoms with Crippen LogP contribution in [0.3, 0.4) is 0 Å². The Kier molecular flexibility index (Phi) is 3.18. The maximum absolute atomic E-state index is 13.7. The van der Waals surface area contributed by atoms with Crippen molar-refractivity contribution in [2.75, 3.05) is 18.5 Å². The molecule has 1 unspecified atom stereocenters. The summed E-state index contributed by atoms with van der Waals surface area (Å²) >= 11 is 0. The van der Waals surface area contributed by atoms with Crippen LogP contribution >= 0.6 is 0 Å². The highest BCUT2D eigenvalue weighted by atomic mass is 19.1. The molecule has 1 aliphatic heterocycles. The molecule has 1 N–H and O–H groups in total. The predicted molar refractivity (Wildman–Crippen MR) is 73.8 cm³/mol. The van der Waals surface area contributed by atoms with Gasteiger partial charge in [-0.2, -0.15) is 0 Å². The maximum Gasteiger partial charge on any atom is 0.132 e. The Hall–Kier alpha value is -1.94. The fourth-order valence-corrected chi connectivity index (χ4v) is 2.70. The van der Waals surface area contributed by atoms with Crippen LogP contribution in [-0.4, -0.2) is 18.7 Å². The fraction of sp³-hybridized carbons (Fsp3) is 0.250. The van der Waals surface area contributed by atoms with Gasteiger partial charge in [0.05, 0.1) is 5.56 Å². The molecule has 2 nitrogen and oxygen atoms in total. The van der Waals surface area contributed by atoms with E-state index in [4.69, 9.17) is 0 Å². The van der Waals surface area contributed by atoms with E-state index in [-0.39, 0.29) is 5.56 Å². The lowest BCUT2D eigenvalue weighted by Crippen LogP contribution is -2.12. The van der Waals surface area contributed by atoms with Crippen LogP contribution < -0.4 is 4.90 Å². The first-order valence-electron chi connectivity index (χ1n) is 6.54. The van der Waals surface area contributed by atoms with Crippen molar-refractivity contribution in [2.45, 2.75) is 12.5 Å². The first-order valence-corrected chi connectivity index (χ1v) is 6.54. The highest BCUT2D eigenvalue weighted by Gasteiger charge is 2.22. The number of benzene rings is 2. The van der Waals surface area contributed by atoms with E-state index in [0.29, 0.717) is 5.56 Å². The van der Waals surface area contributed by atoms with Gasteiger partial charge in [-0.15, -0.1) is 0 Å². The molecule has 3 rings (SSSR count). The lowest BCUT2D eigenvalue weighted by molar-refractivity contribution is 0.209. The minimum Gasteiger partial charge on any atom is -0.383 e. The van der Waals surface area contributed by atoms with Gasteiger partial charge in [-0.25, -0.2) is 8.78 Å². The van der Waals surface area contributed by atoms with Gasteiger partial charge in [-0.05, 0) is 35.7 Å². The Bertz CT molecular complexity index is 637. The molecule has 0 saturated heterocycles. The van der Waals surface area contributed by atoms with Gasteiger partial charge in [0, 0.05) is 19.3 Å². The molecule has 0 fully saturated rings. The summed E-state index contributed by atoms with van der Waals surface area (Å²) in [5, 5.41) is 10.3. The Labute approximate surface area is 116 Å². The third-order valence-electron chi connectivity index (χ3n) is 3.82. The Morgan fingerprint density at radius 3 is 2.55 bits per heavy atom. The number of halogens is 2. The van der Waals surface area contributed by atoms with Crippen LogP contribution in [0.2, 0.25) is 0 Å². The van der Waals surface area contributed by atoms with Gasteiger partial charge >= 0.3 is 0 Å². The highest BCUT2D eigenvalue weighted by molar-refractivity contribution is 5.59. The third-order valence-corrected chi connectivity index (χ3v) is 3.82. The third kappa shape index (κ3) is 2.06. The Morgan fingerprint density at radius 1 is 1.15 bits per heavy atom. The van der Waals surface area contributed by atoms with Gasteiger partial charge in [0.15, 0.2) is 0 Å². The lowest BCUT2D eigenvalue weighted by Gasteiger charge is -2.16. The molecule has 1 heterocycles. The van der Waals surface area contributed by atoms with Crippen molar-refractivity contribution < 1.29 is 13.9 Å². The molecule has 4 heteroatoms. The zero-order chi connectivity index (χ0) is 14.3.